The fraction of sp³-hybridized carbons (Fsp3) is 0.353. The number of primary amides is 1. The van der Waals surface area contributed by atoms with Crippen molar-refractivity contribution < 1.29 is 29.0 Å². The van der Waals surface area contributed by atoms with E-state index in [1.165, 1.54) is 19.1 Å². The van der Waals surface area contributed by atoms with E-state index in [1.807, 2.05) is 42.5 Å². The van der Waals surface area contributed by atoms with Gasteiger partial charge >= 0.3 is 0 Å². The van der Waals surface area contributed by atoms with Crippen LogP contribution in [0.4, 0.5) is 0 Å². The Bertz CT molecular complexity index is 1670. The van der Waals surface area contributed by atoms with Crippen LogP contribution in [0.3, 0.4) is 0 Å². The number of hydrogen-bond donors (Lipinski definition) is 3. The lowest BCUT2D eigenvalue weighted by molar-refractivity contribution is -0.132. The summed E-state index contributed by atoms with van der Waals surface area (Å²) < 4.78 is 14.4. The van der Waals surface area contributed by atoms with Gasteiger partial charge < -0.3 is 24.9 Å². The fourth-order valence-electron chi connectivity index (χ4n) is 6.84. The molecule has 0 bridgehead atoms. The van der Waals surface area contributed by atoms with Crippen LogP contribution in [-0.4, -0.2) is 42.3 Å². The number of hydrogen-bond acceptors (Lipinski definition) is 6. The number of aromatic hydroxyl groups is 1. The van der Waals surface area contributed by atoms with E-state index in [0.717, 1.165) is 59.0 Å². The van der Waals surface area contributed by atoms with Crippen LogP contribution in [0.5, 0.6) is 17.2 Å². The van der Waals surface area contributed by atoms with Crippen molar-refractivity contribution in [3.05, 3.63) is 76.9 Å². The van der Waals surface area contributed by atoms with Gasteiger partial charge in [0.15, 0.2) is 0 Å². The summed E-state index contributed by atoms with van der Waals surface area (Å²) in [4.78, 5) is 31.1. The molecule has 2 heterocycles. The van der Waals surface area contributed by atoms with E-state index < -0.39 is 11.8 Å². The molecular formula is C34H37N3O6. The van der Waals surface area contributed by atoms with Crippen LogP contribution in [-0.2, 0) is 22.6 Å². The Morgan fingerprint density at radius 1 is 1.07 bits per heavy atom. The average Bonchev–Trinajstić information content (AvgIpc) is 3.21. The molecule has 9 heteroatoms. The molecule has 1 aliphatic heterocycles. The van der Waals surface area contributed by atoms with Crippen LogP contribution in [0.25, 0.3) is 22.2 Å². The van der Waals surface area contributed by atoms with Crippen LogP contribution in [0, 0.1) is 0 Å². The maximum atomic E-state index is 13.8. The summed E-state index contributed by atoms with van der Waals surface area (Å²) in [5.74, 6) is 0.226. The molecule has 3 aromatic carbocycles. The summed E-state index contributed by atoms with van der Waals surface area (Å²) in [5, 5.41) is 11.0. The molecule has 4 N–H and O–H groups in total. The van der Waals surface area contributed by atoms with Crippen molar-refractivity contribution in [1.82, 2.24) is 10.0 Å². The molecule has 1 saturated carbocycles. The van der Waals surface area contributed by atoms with E-state index in [9.17, 15) is 14.7 Å². The number of phenols is 1. The van der Waals surface area contributed by atoms with Gasteiger partial charge in [-0.2, -0.15) is 0 Å². The van der Waals surface area contributed by atoms with E-state index in [0.29, 0.717) is 42.6 Å². The first kappa shape index (κ1) is 28.6. The smallest absolute Gasteiger partial charge is 0.251 e. The average molecular weight is 584 g/mol. The van der Waals surface area contributed by atoms with Crippen molar-refractivity contribution in [2.75, 3.05) is 20.8 Å². The number of phenolic OH excluding ortho intramolecular Hbond substituents is 1. The molecule has 1 fully saturated rings. The Kier molecular flexibility index (Phi) is 7.99. The second-order valence-electron chi connectivity index (χ2n) is 11.4. The zero-order valence-electron chi connectivity index (χ0n) is 24.5. The van der Waals surface area contributed by atoms with Crippen molar-refractivity contribution in [1.29, 1.82) is 0 Å². The highest BCUT2D eigenvalue weighted by molar-refractivity contribution is 6.01. The Hall–Kier alpha value is -4.50. The number of nitrogens with one attached hydrogen (secondary N) is 1. The summed E-state index contributed by atoms with van der Waals surface area (Å²) in [7, 11) is 3.02. The number of rotatable bonds is 8. The van der Waals surface area contributed by atoms with Gasteiger partial charge in [0.1, 0.15) is 23.9 Å². The lowest BCUT2D eigenvalue weighted by atomic mass is 9.79. The molecule has 224 valence electrons. The first-order valence-corrected chi connectivity index (χ1v) is 14.8. The minimum absolute atomic E-state index is 0.155. The second kappa shape index (κ2) is 12.0. The van der Waals surface area contributed by atoms with Gasteiger partial charge in [-0.3, -0.25) is 14.4 Å². The van der Waals surface area contributed by atoms with E-state index >= 15 is 0 Å². The number of ether oxygens (including phenoxy) is 2. The SMILES string of the molecule is CONC(=O)[C@@H](Cc1ccc(O)cc1)c1cc(OC)cc2c1-c1c(C3CCCCC3)c3ccc(C(N)=O)cc3n1CCO2. The third kappa shape index (κ3) is 5.41. The molecule has 9 nitrogen and oxygen atoms in total. The van der Waals surface area contributed by atoms with Gasteiger partial charge in [-0.25, -0.2) is 5.48 Å². The predicted molar refractivity (Wildman–Crippen MR) is 163 cm³/mol. The molecule has 6 rings (SSSR count). The summed E-state index contributed by atoms with van der Waals surface area (Å²) >= 11 is 0. The number of hydroxylamine groups is 1. The van der Waals surface area contributed by atoms with Crippen molar-refractivity contribution in [3.63, 3.8) is 0 Å². The monoisotopic (exact) mass is 583 g/mol. The van der Waals surface area contributed by atoms with Gasteiger partial charge in [0.2, 0.25) is 5.91 Å². The van der Waals surface area contributed by atoms with Crippen molar-refractivity contribution >= 4 is 22.7 Å². The lowest BCUT2D eigenvalue weighted by Gasteiger charge is -2.26. The molecule has 4 aromatic rings. The highest BCUT2D eigenvalue weighted by atomic mass is 16.6. The number of methoxy groups -OCH3 is 1. The zero-order chi connectivity index (χ0) is 30.1. The number of benzene rings is 3. The molecule has 0 saturated heterocycles. The van der Waals surface area contributed by atoms with Crippen molar-refractivity contribution in [3.8, 4) is 28.5 Å². The number of carbonyl (C=O) groups is 2. The fourth-order valence-corrected chi connectivity index (χ4v) is 6.84. The van der Waals surface area contributed by atoms with E-state index in [-0.39, 0.29) is 11.7 Å². The lowest BCUT2D eigenvalue weighted by Crippen LogP contribution is -2.30. The quantitative estimate of drug-likeness (QED) is 0.233. The molecule has 2 aliphatic rings. The predicted octanol–water partition coefficient (Wildman–Crippen LogP) is 5.57. The number of nitrogens with two attached hydrogens (primary N) is 1. The standard InChI is InChI=1S/C34H37N3O6/c1-41-24-18-26(27(34(40)36-42-2)16-20-8-11-23(38)12-9-20)31-29(19-24)43-15-14-37-28-17-22(33(35)39)10-13-25(28)30(32(31)37)21-6-4-3-5-7-21/h8-13,17-19,21,27,38H,3-7,14-16H2,1-2H3,(H2,35,39)(H,36,40)/t27-/m0/s1. The van der Waals surface area contributed by atoms with Crippen LogP contribution in [0.15, 0.2) is 54.6 Å². The maximum absolute atomic E-state index is 13.8. The molecule has 43 heavy (non-hydrogen) atoms. The second-order valence-corrected chi connectivity index (χ2v) is 11.4. The Morgan fingerprint density at radius 2 is 1.84 bits per heavy atom. The van der Waals surface area contributed by atoms with Crippen LogP contribution in [0.2, 0.25) is 0 Å². The molecule has 1 aromatic heterocycles. The van der Waals surface area contributed by atoms with Gasteiger partial charge in [0.25, 0.3) is 5.91 Å². The van der Waals surface area contributed by atoms with Gasteiger partial charge in [0.05, 0.1) is 32.4 Å². The number of nitrogens with zero attached hydrogens (tertiary/aromatic N) is 1. The normalized spacial score (nSPS) is 15.6. The minimum Gasteiger partial charge on any atom is -0.508 e. The molecule has 2 amide bonds. The van der Waals surface area contributed by atoms with E-state index in [1.54, 1.807) is 19.2 Å². The summed E-state index contributed by atoms with van der Waals surface area (Å²) in [5.41, 5.74) is 14.3. The summed E-state index contributed by atoms with van der Waals surface area (Å²) in [6, 6.07) is 16.4. The largest absolute Gasteiger partial charge is 0.508 e. The number of amides is 2. The molecule has 0 spiro atoms. The number of aromatic nitrogens is 1. The molecular weight excluding hydrogens is 546 g/mol. The van der Waals surface area contributed by atoms with Crippen molar-refractivity contribution in [2.24, 2.45) is 5.73 Å². The molecule has 0 radical (unpaired) electrons. The maximum Gasteiger partial charge on any atom is 0.251 e. The zero-order valence-corrected chi connectivity index (χ0v) is 24.5. The summed E-state index contributed by atoms with van der Waals surface area (Å²) in [6.45, 7) is 0.957. The third-order valence-electron chi connectivity index (χ3n) is 8.82. The molecule has 0 unspecified atom stereocenters. The highest BCUT2D eigenvalue weighted by Crippen LogP contribution is 2.50. The first-order chi connectivity index (χ1) is 20.9. The Morgan fingerprint density at radius 3 is 2.53 bits per heavy atom. The molecule has 1 aliphatic carbocycles. The highest BCUT2D eigenvalue weighted by Gasteiger charge is 2.35. The van der Waals surface area contributed by atoms with E-state index in [2.05, 4.69) is 10.0 Å². The first-order valence-electron chi connectivity index (χ1n) is 14.8. The number of carbonyl (C=O) groups excluding carboxylic acids is 2. The van der Waals surface area contributed by atoms with Crippen LogP contribution < -0.4 is 20.7 Å². The van der Waals surface area contributed by atoms with Gasteiger partial charge in [-0.1, -0.05) is 37.5 Å². The summed E-state index contributed by atoms with van der Waals surface area (Å²) in [6.07, 6.45) is 5.98. The molecule has 1 atom stereocenters. The van der Waals surface area contributed by atoms with Gasteiger partial charge in [0, 0.05) is 28.1 Å². The van der Waals surface area contributed by atoms with Crippen LogP contribution in [0.1, 0.15) is 71.0 Å². The van der Waals surface area contributed by atoms with Gasteiger partial charge in [-0.05, 0) is 72.2 Å². The van der Waals surface area contributed by atoms with Gasteiger partial charge in [-0.15, -0.1) is 0 Å². The third-order valence-corrected chi connectivity index (χ3v) is 8.82. The topological polar surface area (TPSA) is 125 Å². The Labute approximate surface area is 250 Å². The van der Waals surface area contributed by atoms with Crippen LogP contribution >= 0.6 is 0 Å². The van der Waals surface area contributed by atoms with Crippen molar-refractivity contribution in [2.45, 2.75) is 56.9 Å². The van der Waals surface area contributed by atoms with E-state index in [4.69, 9.17) is 20.0 Å². The minimum atomic E-state index is -0.679. The Balaban J connectivity index is 1.65. The number of fused-ring (bicyclic) bond motifs is 5.